The van der Waals surface area contributed by atoms with Gasteiger partial charge < -0.3 is 40.0 Å². The Morgan fingerprint density at radius 2 is 1.83 bits per heavy atom. The summed E-state index contributed by atoms with van der Waals surface area (Å²) in [6, 6.07) is 11.9. The number of nitrogens with zero attached hydrogens (tertiary/aromatic N) is 3. The summed E-state index contributed by atoms with van der Waals surface area (Å²) in [5.41, 5.74) is 1.12. The van der Waals surface area contributed by atoms with Crippen molar-refractivity contribution in [2.24, 2.45) is 11.3 Å². The van der Waals surface area contributed by atoms with Gasteiger partial charge in [0, 0.05) is 89.4 Å². The molecule has 6 aliphatic rings. The van der Waals surface area contributed by atoms with Crippen molar-refractivity contribution in [3.63, 3.8) is 0 Å². The Morgan fingerprint density at radius 1 is 1.03 bits per heavy atom. The number of benzene rings is 2. The summed E-state index contributed by atoms with van der Waals surface area (Å²) in [6.07, 6.45) is 6.76. The average Bonchev–Trinajstić information content (AvgIpc) is 3.90. The van der Waals surface area contributed by atoms with Gasteiger partial charge in [-0.1, -0.05) is 51.1 Å². The second kappa shape index (κ2) is 14.3. The van der Waals surface area contributed by atoms with Crippen molar-refractivity contribution in [1.82, 2.24) is 20.1 Å². The van der Waals surface area contributed by atoms with Crippen LogP contribution in [0.15, 0.2) is 48.6 Å². The molecule has 5 aliphatic heterocycles. The number of alkyl carbamates (subject to hydrolysis) is 1. The number of para-hydroxylation sites is 1. The molecule has 3 fully saturated rings. The van der Waals surface area contributed by atoms with Gasteiger partial charge in [-0.15, -0.1) is 0 Å². The average molecular weight is 810 g/mol. The van der Waals surface area contributed by atoms with Crippen LogP contribution in [0.4, 0.5) is 10.5 Å². The summed E-state index contributed by atoms with van der Waals surface area (Å²) in [6.45, 7) is 11.9. The molecule has 1 saturated carbocycles. The number of hydrogen-bond donors (Lipinski definition) is 5. The van der Waals surface area contributed by atoms with Gasteiger partial charge in [-0.05, 0) is 87.6 Å². The van der Waals surface area contributed by atoms with E-state index in [0.29, 0.717) is 50.9 Å². The minimum atomic E-state index is -2.26. The summed E-state index contributed by atoms with van der Waals surface area (Å²) in [7, 11) is 3.64. The van der Waals surface area contributed by atoms with Gasteiger partial charge >= 0.3 is 6.09 Å². The Labute approximate surface area is 347 Å². The first-order chi connectivity index (χ1) is 28.2. The monoisotopic (exact) mass is 809 g/mol. The Kier molecular flexibility index (Phi) is 9.83. The molecule has 2 aromatic carbocycles. The zero-order chi connectivity index (χ0) is 41.7. The first-order valence-corrected chi connectivity index (χ1v) is 22.0. The van der Waals surface area contributed by atoms with E-state index in [1.807, 2.05) is 25.8 Å². The summed E-state index contributed by atoms with van der Waals surface area (Å²) in [4.78, 5) is 38.2. The third-order valence-corrected chi connectivity index (χ3v) is 15.9. The second-order valence-electron chi connectivity index (χ2n) is 19.0. The molecule has 318 valence electrons. The Balaban J connectivity index is 1.25. The molecule has 10 atom stereocenters. The van der Waals surface area contributed by atoms with Crippen molar-refractivity contribution in [1.29, 1.82) is 0 Å². The number of rotatable bonds is 9. The second-order valence-corrected chi connectivity index (χ2v) is 19.0. The number of Topliss-reactive ketones (excluding diaryl/α,β-unsaturated/α-hetero) is 1. The van der Waals surface area contributed by atoms with Crippen LogP contribution in [0.2, 0.25) is 0 Å². The quantitative estimate of drug-likeness (QED) is 0.191. The topological polar surface area (TPSA) is 151 Å². The maximum absolute atomic E-state index is 14.7. The van der Waals surface area contributed by atoms with Gasteiger partial charge in [-0.25, -0.2) is 4.79 Å². The number of carbonyl (C=O) groups is 2. The highest BCUT2D eigenvalue weighted by Gasteiger charge is 2.78. The van der Waals surface area contributed by atoms with E-state index in [1.165, 1.54) is 10.9 Å². The fourth-order valence-corrected chi connectivity index (χ4v) is 13.5. The fraction of sp³-hybridized carbons (Fsp3) is 0.617. The maximum atomic E-state index is 14.7. The molecule has 9 rings (SSSR count). The molecule has 2 saturated heterocycles. The molecule has 12 heteroatoms. The first kappa shape index (κ1) is 40.5. The molecule has 3 aromatic rings. The van der Waals surface area contributed by atoms with E-state index in [4.69, 9.17) is 9.47 Å². The summed E-state index contributed by atoms with van der Waals surface area (Å²) in [5.74, 6) is 0.269. The Bertz CT molecular complexity index is 2190. The van der Waals surface area contributed by atoms with Crippen LogP contribution >= 0.6 is 0 Å². The number of amides is 1. The molecule has 3 unspecified atom stereocenters. The summed E-state index contributed by atoms with van der Waals surface area (Å²) in [5, 5.41) is 41.7. The maximum Gasteiger partial charge on any atom is 0.407 e. The minimum absolute atomic E-state index is 0.199. The third-order valence-electron chi connectivity index (χ3n) is 15.9. The number of aliphatic hydroxyl groups is 3. The number of nitrogens with one attached hydrogen (secondary N) is 2. The predicted octanol–water partition coefficient (Wildman–Crippen LogP) is 4.80. The van der Waals surface area contributed by atoms with E-state index in [2.05, 4.69) is 82.5 Å². The van der Waals surface area contributed by atoms with Gasteiger partial charge in [0.1, 0.15) is 11.9 Å². The van der Waals surface area contributed by atoms with Crippen LogP contribution in [0.3, 0.4) is 0 Å². The van der Waals surface area contributed by atoms with Crippen LogP contribution in [0.25, 0.3) is 10.9 Å². The summed E-state index contributed by atoms with van der Waals surface area (Å²) < 4.78 is 11.7. The lowest BCUT2D eigenvalue weighted by Gasteiger charge is -2.63. The van der Waals surface area contributed by atoms with Crippen LogP contribution in [0.5, 0.6) is 5.75 Å². The number of fused-ring (bicyclic) bond motifs is 6. The van der Waals surface area contributed by atoms with Gasteiger partial charge in [-0.2, -0.15) is 0 Å². The van der Waals surface area contributed by atoms with Crippen molar-refractivity contribution >= 4 is 28.5 Å². The number of carbonyl (C=O) groups excluding carboxylic acids is 2. The number of aliphatic hydroxyl groups excluding tert-OH is 1. The lowest BCUT2D eigenvalue weighted by Crippen LogP contribution is -2.81. The van der Waals surface area contributed by atoms with Crippen molar-refractivity contribution < 1.29 is 34.4 Å². The smallest absolute Gasteiger partial charge is 0.407 e. The zero-order valence-electron chi connectivity index (χ0n) is 35.6. The number of hydrogen-bond acceptors (Lipinski definition) is 10. The normalized spacial score (nSPS) is 37.1. The van der Waals surface area contributed by atoms with Crippen LogP contribution in [-0.2, 0) is 26.8 Å². The standard InChI is InChI=1S/C47H63N5O7/c1-7-21-59-42(55)48-26-37(53)47(57)40-46(17-20-52-18-12-16-45(9-3,39(46)52)41(47)54)32-22-33(36(58-6)23-35(32)50(40)5)43(4)24-29-25-44(56,8-2)28-51(27-29)19-15-31-30-13-10-11-14-34(30)49-38(31)43/h10-14,16,22-23,29,39-41,49,54,56-57H,7-9,15,17-21,24-28H2,1-6H3,(H,48,55)/t29?,39-,40?,41+,43+,44-,45+,46+,47-/m0/s1. The van der Waals surface area contributed by atoms with Gasteiger partial charge in [0.15, 0.2) is 11.4 Å². The third kappa shape index (κ3) is 5.65. The van der Waals surface area contributed by atoms with E-state index in [9.17, 15) is 24.9 Å². The SMILES string of the molecule is CCCOC(=O)NCC(=O)[C@]1(O)C2N(C)c3cc(OC)c([C@@]4(C)CC5CN(CCc6c4[nH]c4ccccc64)C[C@](O)(CC)C5)cc3[C@@]23CCN2CC=C[C@@](CC)([C@H]1O)[C@H]23. The molecule has 59 heavy (non-hydrogen) atoms. The van der Waals surface area contributed by atoms with E-state index >= 15 is 0 Å². The van der Waals surface area contributed by atoms with Gasteiger partial charge in [0.25, 0.3) is 0 Å². The van der Waals surface area contributed by atoms with E-state index in [0.717, 1.165) is 60.5 Å². The molecular formula is C47H63N5O7. The summed E-state index contributed by atoms with van der Waals surface area (Å²) >= 11 is 0. The van der Waals surface area contributed by atoms with E-state index < -0.39 is 58.0 Å². The van der Waals surface area contributed by atoms with Crippen molar-refractivity contribution in [2.45, 2.75) is 113 Å². The van der Waals surface area contributed by atoms with Crippen molar-refractivity contribution in [3.05, 3.63) is 70.9 Å². The predicted molar refractivity (Wildman–Crippen MR) is 227 cm³/mol. The van der Waals surface area contributed by atoms with Crippen LogP contribution in [0.1, 0.15) is 88.6 Å². The lowest BCUT2D eigenvalue weighted by molar-refractivity contribution is -0.201. The van der Waals surface area contributed by atoms with Crippen LogP contribution in [-0.4, -0.2) is 131 Å². The number of H-pyrrole nitrogens is 1. The first-order valence-electron chi connectivity index (χ1n) is 22.0. The van der Waals surface area contributed by atoms with Crippen LogP contribution < -0.4 is 15.0 Å². The Morgan fingerprint density at radius 3 is 2.58 bits per heavy atom. The molecule has 0 radical (unpaired) electrons. The molecule has 6 heterocycles. The number of likely N-dealkylation sites (N-methyl/N-ethyl adjacent to an activating group) is 1. The van der Waals surface area contributed by atoms with Gasteiger partial charge in [0.05, 0.1) is 31.9 Å². The number of anilines is 1. The molecule has 1 spiro atoms. The number of methoxy groups -OCH3 is 1. The van der Waals surface area contributed by atoms with Gasteiger partial charge in [-0.3, -0.25) is 14.6 Å². The largest absolute Gasteiger partial charge is 0.496 e. The fourth-order valence-electron chi connectivity index (χ4n) is 13.5. The van der Waals surface area contributed by atoms with E-state index in [1.54, 1.807) is 7.11 Å². The number of aromatic nitrogens is 1. The number of piperidine rings is 1. The number of ether oxygens (including phenoxy) is 2. The highest BCUT2D eigenvalue weighted by atomic mass is 16.5. The molecular weight excluding hydrogens is 747 g/mol. The molecule has 1 aromatic heterocycles. The van der Waals surface area contributed by atoms with E-state index in [-0.39, 0.29) is 18.6 Å². The molecule has 2 bridgehead atoms. The lowest BCUT2D eigenvalue weighted by atomic mass is 9.47. The molecule has 5 N–H and O–H groups in total. The van der Waals surface area contributed by atoms with Crippen LogP contribution in [0, 0.1) is 11.3 Å². The minimum Gasteiger partial charge on any atom is -0.496 e. The molecule has 12 nitrogen and oxygen atoms in total. The van der Waals surface area contributed by atoms with Crippen molar-refractivity contribution in [2.75, 3.05) is 64.9 Å². The zero-order valence-corrected chi connectivity index (χ0v) is 35.6. The van der Waals surface area contributed by atoms with Gasteiger partial charge in [0.2, 0.25) is 0 Å². The molecule has 1 aliphatic carbocycles. The highest BCUT2D eigenvalue weighted by molar-refractivity contribution is 5.95. The highest BCUT2D eigenvalue weighted by Crippen LogP contribution is 2.67. The molecule has 1 amide bonds. The Hall–Kier alpha value is -3.94. The number of ketones is 1. The number of aromatic amines is 1. The van der Waals surface area contributed by atoms with Crippen molar-refractivity contribution in [3.8, 4) is 5.75 Å².